The minimum absolute atomic E-state index is 0.255. The van der Waals surface area contributed by atoms with Crippen molar-refractivity contribution in [1.82, 2.24) is 9.21 Å². The van der Waals surface area contributed by atoms with Gasteiger partial charge in [-0.15, -0.1) is 11.3 Å². The number of aryl methyl sites for hydroxylation is 1. The number of anilines is 1. The standard InChI is InChI=1S/C20H26N4O4S2/c1-14-4-6-16(7-5-14)30(27,28)24-10-3-9-23(11-12-24)15(2)19(26)22-20-17(18(21)25)8-13-29-20/h4-8,13,15H,3,9-12H2,1-2H3,(H2,21,25)(H,22,26). The molecule has 2 amide bonds. The van der Waals surface area contributed by atoms with Gasteiger partial charge in [0.25, 0.3) is 5.91 Å². The summed E-state index contributed by atoms with van der Waals surface area (Å²) in [6, 6.07) is 7.92. The fraction of sp³-hybridized carbons (Fsp3) is 0.400. The summed E-state index contributed by atoms with van der Waals surface area (Å²) in [5.74, 6) is -0.847. The molecule has 8 nitrogen and oxygen atoms in total. The van der Waals surface area contributed by atoms with Crippen molar-refractivity contribution in [2.75, 3.05) is 31.5 Å². The quantitative estimate of drug-likeness (QED) is 0.698. The van der Waals surface area contributed by atoms with Gasteiger partial charge in [-0.2, -0.15) is 4.31 Å². The molecule has 2 aromatic rings. The lowest BCUT2D eigenvalue weighted by Gasteiger charge is -2.26. The molecule has 1 unspecified atom stereocenters. The summed E-state index contributed by atoms with van der Waals surface area (Å²) in [7, 11) is -3.57. The molecule has 1 aliphatic heterocycles. The van der Waals surface area contributed by atoms with Crippen molar-refractivity contribution in [3.8, 4) is 0 Å². The normalized spacial score (nSPS) is 17.3. The van der Waals surface area contributed by atoms with Gasteiger partial charge in [-0.1, -0.05) is 17.7 Å². The third-order valence-corrected chi connectivity index (χ3v) is 7.99. The van der Waals surface area contributed by atoms with Crippen molar-refractivity contribution < 1.29 is 18.0 Å². The summed E-state index contributed by atoms with van der Waals surface area (Å²) < 4.78 is 27.4. The number of benzene rings is 1. The second-order valence-corrected chi connectivity index (χ2v) is 10.2. The van der Waals surface area contributed by atoms with Crippen molar-refractivity contribution in [3.63, 3.8) is 0 Å². The number of hydrogen-bond acceptors (Lipinski definition) is 6. The summed E-state index contributed by atoms with van der Waals surface area (Å²) in [6.07, 6.45) is 0.619. The predicted octanol–water partition coefficient (Wildman–Crippen LogP) is 1.88. The lowest BCUT2D eigenvalue weighted by atomic mass is 10.2. The summed E-state index contributed by atoms with van der Waals surface area (Å²) >= 11 is 1.24. The highest BCUT2D eigenvalue weighted by Gasteiger charge is 2.30. The Balaban J connectivity index is 1.65. The second kappa shape index (κ2) is 9.25. The first kappa shape index (κ1) is 22.4. The molecule has 1 saturated heterocycles. The van der Waals surface area contributed by atoms with Crippen molar-refractivity contribution >= 4 is 38.2 Å². The van der Waals surface area contributed by atoms with Crippen molar-refractivity contribution in [2.45, 2.75) is 31.2 Å². The third kappa shape index (κ3) is 4.89. The van der Waals surface area contributed by atoms with Crippen LogP contribution < -0.4 is 11.1 Å². The Labute approximate surface area is 180 Å². The molecule has 162 valence electrons. The summed E-state index contributed by atoms with van der Waals surface area (Å²) in [5, 5.41) is 4.89. The molecule has 0 radical (unpaired) electrons. The minimum Gasteiger partial charge on any atom is -0.366 e. The molecule has 2 heterocycles. The van der Waals surface area contributed by atoms with E-state index in [2.05, 4.69) is 5.32 Å². The van der Waals surface area contributed by atoms with Crippen LogP contribution in [-0.2, 0) is 14.8 Å². The SMILES string of the molecule is Cc1ccc(S(=O)(=O)N2CCCN(C(C)C(=O)Nc3sccc3C(N)=O)CC2)cc1. The highest BCUT2D eigenvalue weighted by Crippen LogP contribution is 2.24. The molecule has 0 saturated carbocycles. The molecule has 0 bridgehead atoms. The maximum atomic E-state index is 13.0. The van der Waals surface area contributed by atoms with Crippen LogP contribution in [0.3, 0.4) is 0 Å². The number of sulfonamides is 1. The van der Waals surface area contributed by atoms with Gasteiger partial charge in [-0.05, 0) is 43.8 Å². The third-order valence-electron chi connectivity index (χ3n) is 5.24. The Hall–Kier alpha value is -2.27. The topological polar surface area (TPSA) is 113 Å². The van der Waals surface area contributed by atoms with Crippen LogP contribution in [0.15, 0.2) is 40.6 Å². The second-order valence-electron chi connectivity index (χ2n) is 7.30. The monoisotopic (exact) mass is 450 g/mol. The number of nitrogens with zero attached hydrogens (tertiary/aromatic N) is 2. The molecule has 1 atom stereocenters. The molecule has 3 N–H and O–H groups in total. The van der Waals surface area contributed by atoms with Crippen molar-refractivity contribution in [1.29, 1.82) is 0 Å². The van der Waals surface area contributed by atoms with E-state index in [1.807, 2.05) is 11.8 Å². The first-order valence-corrected chi connectivity index (χ1v) is 12.0. The Kier molecular flexibility index (Phi) is 6.91. The van der Waals surface area contributed by atoms with Gasteiger partial charge < -0.3 is 11.1 Å². The van der Waals surface area contributed by atoms with E-state index < -0.39 is 22.0 Å². The van der Waals surface area contributed by atoms with Gasteiger partial charge in [0.05, 0.1) is 16.5 Å². The van der Waals surface area contributed by atoms with Crippen LogP contribution in [0.4, 0.5) is 5.00 Å². The van der Waals surface area contributed by atoms with Crippen LogP contribution in [0.25, 0.3) is 0 Å². The van der Waals surface area contributed by atoms with E-state index in [0.29, 0.717) is 37.6 Å². The number of primary amides is 1. The first-order valence-electron chi connectivity index (χ1n) is 9.69. The zero-order chi connectivity index (χ0) is 21.9. The number of hydrogen-bond donors (Lipinski definition) is 2. The average Bonchev–Trinajstić information content (AvgIpc) is 3.02. The molecular formula is C20H26N4O4S2. The van der Waals surface area contributed by atoms with Crippen molar-refractivity contribution in [2.24, 2.45) is 5.73 Å². The smallest absolute Gasteiger partial charge is 0.251 e. The molecule has 3 rings (SSSR count). The van der Waals surface area contributed by atoms with E-state index in [1.165, 1.54) is 15.6 Å². The lowest BCUT2D eigenvalue weighted by Crippen LogP contribution is -2.44. The van der Waals surface area contributed by atoms with Crippen LogP contribution in [0, 0.1) is 6.92 Å². The van der Waals surface area contributed by atoms with Crippen LogP contribution in [0.2, 0.25) is 0 Å². The van der Waals surface area contributed by atoms with Crippen LogP contribution in [0.1, 0.15) is 29.3 Å². The Morgan fingerprint density at radius 2 is 1.80 bits per heavy atom. The molecule has 1 aromatic carbocycles. The number of nitrogens with two attached hydrogens (primary N) is 1. The number of carbonyl (C=O) groups excluding carboxylic acids is 2. The van der Waals surface area contributed by atoms with E-state index >= 15 is 0 Å². The van der Waals surface area contributed by atoms with Crippen LogP contribution in [0.5, 0.6) is 0 Å². The molecule has 0 aliphatic carbocycles. The molecule has 0 spiro atoms. The van der Waals surface area contributed by atoms with Gasteiger partial charge in [0.2, 0.25) is 15.9 Å². The van der Waals surface area contributed by atoms with Crippen molar-refractivity contribution in [3.05, 3.63) is 46.8 Å². The predicted molar refractivity (Wildman–Crippen MR) is 117 cm³/mol. The molecule has 1 aromatic heterocycles. The van der Waals surface area contributed by atoms with E-state index in [4.69, 9.17) is 5.73 Å². The number of thiophene rings is 1. The Bertz CT molecular complexity index is 1020. The van der Waals surface area contributed by atoms with E-state index in [1.54, 1.807) is 42.6 Å². The Morgan fingerprint density at radius 1 is 1.10 bits per heavy atom. The van der Waals surface area contributed by atoms with Gasteiger partial charge >= 0.3 is 0 Å². The zero-order valence-corrected chi connectivity index (χ0v) is 18.6. The van der Waals surface area contributed by atoms with E-state index in [0.717, 1.165) is 5.56 Å². The first-order chi connectivity index (χ1) is 14.2. The number of rotatable bonds is 6. The van der Waals surface area contributed by atoms with E-state index in [9.17, 15) is 18.0 Å². The van der Waals surface area contributed by atoms with Gasteiger partial charge in [-0.3, -0.25) is 14.5 Å². The minimum atomic E-state index is -3.57. The highest BCUT2D eigenvalue weighted by atomic mass is 32.2. The summed E-state index contributed by atoms with van der Waals surface area (Å²) in [6.45, 7) is 5.43. The van der Waals surface area contributed by atoms with Gasteiger partial charge in [0.15, 0.2) is 0 Å². The molecule has 10 heteroatoms. The average molecular weight is 451 g/mol. The van der Waals surface area contributed by atoms with Crippen LogP contribution in [-0.4, -0.2) is 61.7 Å². The maximum Gasteiger partial charge on any atom is 0.251 e. The molecule has 1 fully saturated rings. The molecular weight excluding hydrogens is 424 g/mol. The summed E-state index contributed by atoms with van der Waals surface area (Å²) in [4.78, 5) is 26.4. The summed E-state index contributed by atoms with van der Waals surface area (Å²) in [5.41, 5.74) is 6.62. The molecule has 30 heavy (non-hydrogen) atoms. The Morgan fingerprint density at radius 3 is 2.47 bits per heavy atom. The van der Waals surface area contributed by atoms with E-state index in [-0.39, 0.29) is 16.4 Å². The molecule has 1 aliphatic rings. The number of nitrogens with one attached hydrogen (secondary N) is 1. The van der Waals surface area contributed by atoms with Crippen LogP contribution >= 0.6 is 11.3 Å². The lowest BCUT2D eigenvalue weighted by molar-refractivity contribution is -0.120. The zero-order valence-electron chi connectivity index (χ0n) is 17.0. The maximum absolute atomic E-state index is 13.0. The van der Waals surface area contributed by atoms with Gasteiger partial charge in [0, 0.05) is 26.2 Å². The largest absolute Gasteiger partial charge is 0.366 e. The van der Waals surface area contributed by atoms with Gasteiger partial charge in [-0.25, -0.2) is 8.42 Å². The fourth-order valence-corrected chi connectivity index (χ4v) is 5.65. The number of amides is 2. The van der Waals surface area contributed by atoms with Gasteiger partial charge in [0.1, 0.15) is 5.00 Å². The fourth-order valence-electron chi connectivity index (χ4n) is 3.38. The number of carbonyl (C=O) groups is 2. The highest BCUT2D eigenvalue weighted by molar-refractivity contribution is 7.89.